The third kappa shape index (κ3) is 5.03. The van der Waals surface area contributed by atoms with Crippen LogP contribution in [0.2, 0.25) is 0 Å². The molecule has 1 heterocycles. The van der Waals surface area contributed by atoms with E-state index < -0.39 is 10.0 Å². The van der Waals surface area contributed by atoms with Gasteiger partial charge in [0.05, 0.1) is 24.3 Å². The van der Waals surface area contributed by atoms with Crippen molar-refractivity contribution >= 4 is 15.9 Å². The lowest BCUT2D eigenvalue weighted by Crippen LogP contribution is -2.46. The number of sulfonamides is 1. The summed E-state index contributed by atoms with van der Waals surface area (Å²) in [4.78, 5) is 12.5. The molecular formula is C17H26N2O4S. The minimum absolute atomic E-state index is 0.0434. The van der Waals surface area contributed by atoms with Crippen LogP contribution < -0.4 is 5.32 Å². The first-order valence-corrected chi connectivity index (χ1v) is 9.87. The van der Waals surface area contributed by atoms with Crippen LogP contribution in [-0.4, -0.2) is 51.2 Å². The Balaban J connectivity index is 1.95. The van der Waals surface area contributed by atoms with Gasteiger partial charge in [0, 0.05) is 20.2 Å². The Morgan fingerprint density at radius 3 is 2.75 bits per heavy atom. The van der Waals surface area contributed by atoms with Gasteiger partial charge < -0.3 is 10.1 Å². The molecular weight excluding hydrogens is 328 g/mol. The van der Waals surface area contributed by atoms with Crippen LogP contribution in [0.25, 0.3) is 0 Å². The van der Waals surface area contributed by atoms with Crippen molar-refractivity contribution in [1.82, 2.24) is 9.62 Å². The maximum absolute atomic E-state index is 12.5. The van der Waals surface area contributed by atoms with Gasteiger partial charge in [-0.25, -0.2) is 12.7 Å². The van der Waals surface area contributed by atoms with E-state index in [2.05, 4.69) is 5.32 Å². The van der Waals surface area contributed by atoms with E-state index in [1.807, 2.05) is 37.3 Å². The van der Waals surface area contributed by atoms with E-state index in [1.54, 1.807) is 0 Å². The number of piperidine rings is 1. The second-order valence-electron chi connectivity index (χ2n) is 6.15. The molecule has 1 saturated heterocycles. The first kappa shape index (κ1) is 18.9. The summed E-state index contributed by atoms with van der Waals surface area (Å²) >= 11 is 0. The number of hydrogen-bond donors (Lipinski definition) is 1. The number of nitrogens with zero attached hydrogens (tertiary/aromatic N) is 1. The SMILES string of the molecule is COCCS(=O)(=O)N1CCCC(C(=O)NC(C)c2ccccc2)C1. The van der Waals surface area contributed by atoms with Crippen LogP contribution >= 0.6 is 0 Å². The summed E-state index contributed by atoms with van der Waals surface area (Å²) < 4.78 is 30.8. The molecule has 0 aromatic heterocycles. The molecule has 6 nitrogen and oxygen atoms in total. The summed E-state index contributed by atoms with van der Waals surface area (Å²) in [7, 11) is -1.89. The Bertz CT molecular complexity index is 633. The number of carbonyl (C=O) groups excluding carboxylic acids is 1. The van der Waals surface area contributed by atoms with E-state index in [4.69, 9.17) is 4.74 Å². The standard InChI is InChI=1S/C17H26N2O4S/c1-14(15-7-4-3-5-8-15)18-17(20)16-9-6-10-19(13-16)24(21,22)12-11-23-2/h3-5,7-8,14,16H,6,9-13H2,1-2H3,(H,18,20). The van der Waals surface area contributed by atoms with Gasteiger partial charge in [-0.15, -0.1) is 0 Å². The summed E-state index contributed by atoms with van der Waals surface area (Å²) in [6.07, 6.45) is 1.41. The Morgan fingerprint density at radius 2 is 2.08 bits per heavy atom. The fourth-order valence-corrected chi connectivity index (χ4v) is 4.33. The molecule has 1 aromatic carbocycles. The lowest BCUT2D eigenvalue weighted by atomic mass is 9.98. The van der Waals surface area contributed by atoms with E-state index >= 15 is 0 Å². The molecule has 134 valence electrons. The fourth-order valence-electron chi connectivity index (χ4n) is 2.88. The van der Waals surface area contributed by atoms with Gasteiger partial charge in [0.1, 0.15) is 0 Å². The fraction of sp³-hybridized carbons (Fsp3) is 0.588. The predicted molar refractivity (Wildman–Crippen MR) is 93.0 cm³/mol. The first-order valence-electron chi connectivity index (χ1n) is 8.26. The molecule has 0 bridgehead atoms. The van der Waals surface area contributed by atoms with Gasteiger partial charge in [-0.3, -0.25) is 4.79 Å². The Morgan fingerprint density at radius 1 is 1.38 bits per heavy atom. The number of rotatable bonds is 7. The van der Waals surface area contributed by atoms with Crippen molar-refractivity contribution in [2.45, 2.75) is 25.8 Å². The minimum Gasteiger partial charge on any atom is -0.384 e. The van der Waals surface area contributed by atoms with Crippen LogP contribution in [0.1, 0.15) is 31.4 Å². The molecule has 2 rings (SSSR count). The second-order valence-corrected chi connectivity index (χ2v) is 8.24. The number of carbonyl (C=O) groups is 1. The van der Waals surface area contributed by atoms with E-state index in [0.29, 0.717) is 19.4 Å². The second kappa shape index (κ2) is 8.60. The molecule has 1 fully saturated rings. The highest BCUT2D eigenvalue weighted by atomic mass is 32.2. The predicted octanol–water partition coefficient (Wildman–Crippen LogP) is 1.55. The molecule has 0 aliphatic carbocycles. The molecule has 1 aromatic rings. The molecule has 0 radical (unpaired) electrons. The van der Waals surface area contributed by atoms with Gasteiger partial charge in [-0.2, -0.15) is 0 Å². The molecule has 0 saturated carbocycles. The van der Waals surface area contributed by atoms with Gasteiger partial charge in [0.25, 0.3) is 0 Å². The molecule has 2 atom stereocenters. The molecule has 1 N–H and O–H groups in total. The van der Waals surface area contributed by atoms with Crippen molar-refractivity contribution < 1.29 is 17.9 Å². The number of benzene rings is 1. The van der Waals surface area contributed by atoms with Crippen LogP contribution in [0.4, 0.5) is 0 Å². The Hall–Kier alpha value is -1.44. The van der Waals surface area contributed by atoms with Crippen molar-refractivity contribution in [2.24, 2.45) is 5.92 Å². The smallest absolute Gasteiger partial charge is 0.224 e. The van der Waals surface area contributed by atoms with Crippen molar-refractivity contribution in [3.63, 3.8) is 0 Å². The van der Waals surface area contributed by atoms with Crippen LogP contribution in [0, 0.1) is 5.92 Å². The number of ether oxygens (including phenoxy) is 1. The van der Waals surface area contributed by atoms with Crippen molar-refractivity contribution in [3.05, 3.63) is 35.9 Å². The molecule has 1 aliphatic rings. The average molecular weight is 354 g/mol. The zero-order valence-electron chi connectivity index (χ0n) is 14.3. The van der Waals surface area contributed by atoms with Gasteiger partial charge in [-0.1, -0.05) is 30.3 Å². The summed E-state index contributed by atoms with van der Waals surface area (Å²) in [6, 6.07) is 9.63. The van der Waals surface area contributed by atoms with E-state index in [-0.39, 0.29) is 36.8 Å². The van der Waals surface area contributed by atoms with Gasteiger partial charge in [0.2, 0.25) is 15.9 Å². The number of amides is 1. The zero-order chi connectivity index (χ0) is 17.6. The summed E-state index contributed by atoms with van der Waals surface area (Å²) in [5.74, 6) is -0.432. The lowest BCUT2D eigenvalue weighted by molar-refractivity contribution is -0.126. The lowest BCUT2D eigenvalue weighted by Gasteiger charge is -2.31. The quantitative estimate of drug-likeness (QED) is 0.806. The van der Waals surface area contributed by atoms with E-state index in [1.165, 1.54) is 11.4 Å². The monoisotopic (exact) mass is 354 g/mol. The molecule has 1 aliphatic heterocycles. The Labute approximate surface area is 144 Å². The Kier molecular flexibility index (Phi) is 6.77. The third-order valence-electron chi connectivity index (χ3n) is 4.35. The number of hydrogen-bond acceptors (Lipinski definition) is 4. The summed E-state index contributed by atoms with van der Waals surface area (Å²) in [6.45, 7) is 2.83. The normalized spacial score (nSPS) is 20.5. The zero-order valence-corrected chi connectivity index (χ0v) is 15.1. The molecule has 2 unspecified atom stereocenters. The van der Waals surface area contributed by atoms with Gasteiger partial charge >= 0.3 is 0 Å². The van der Waals surface area contributed by atoms with Crippen molar-refractivity contribution in [3.8, 4) is 0 Å². The maximum Gasteiger partial charge on any atom is 0.224 e. The number of nitrogens with one attached hydrogen (secondary N) is 1. The van der Waals surface area contributed by atoms with Gasteiger partial charge in [-0.05, 0) is 25.3 Å². The highest BCUT2D eigenvalue weighted by Gasteiger charge is 2.32. The van der Waals surface area contributed by atoms with Crippen molar-refractivity contribution in [1.29, 1.82) is 0 Å². The highest BCUT2D eigenvalue weighted by Crippen LogP contribution is 2.21. The third-order valence-corrected chi connectivity index (χ3v) is 6.15. The number of methoxy groups -OCH3 is 1. The van der Waals surface area contributed by atoms with Crippen LogP contribution in [0.3, 0.4) is 0 Å². The molecule has 1 amide bonds. The highest BCUT2D eigenvalue weighted by molar-refractivity contribution is 7.89. The largest absolute Gasteiger partial charge is 0.384 e. The van der Waals surface area contributed by atoms with Crippen LogP contribution in [-0.2, 0) is 19.6 Å². The summed E-state index contributed by atoms with van der Waals surface area (Å²) in [5.41, 5.74) is 1.03. The molecule has 24 heavy (non-hydrogen) atoms. The average Bonchev–Trinajstić information content (AvgIpc) is 2.61. The summed E-state index contributed by atoms with van der Waals surface area (Å²) in [5, 5.41) is 3.00. The first-order chi connectivity index (χ1) is 11.4. The molecule has 7 heteroatoms. The van der Waals surface area contributed by atoms with E-state index in [9.17, 15) is 13.2 Å². The molecule has 0 spiro atoms. The van der Waals surface area contributed by atoms with Crippen LogP contribution in [0.5, 0.6) is 0 Å². The topological polar surface area (TPSA) is 75.7 Å². The van der Waals surface area contributed by atoms with E-state index in [0.717, 1.165) is 5.56 Å². The maximum atomic E-state index is 12.5. The minimum atomic E-state index is -3.36. The van der Waals surface area contributed by atoms with Crippen LogP contribution in [0.15, 0.2) is 30.3 Å². The van der Waals surface area contributed by atoms with Gasteiger partial charge in [0.15, 0.2) is 0 Å². The van der Waals surface area contributed by atoms with Crippen molar-refractivity contribution in [2.75, 3.05) is 32.6 Å².